The normalized spacial score (nSPS) is 15.0. The average Bonchev–Trinajstić information content (AvgIpc) is 2.66. The van der Waals surface area contributed by atoms with E-state index in [0.29, 0.717) is 23.3 Å². The summed E-state index contributed by atoms with van der Waals surface area (Å²) in [7, 11) is -5.05. The van der Waals surface area contributed by atoms with Gasteiger partial charge in [-0.2, -0.15) is 44.2 Å². The summed E-state index contributed by atoms with van der Waals surface area (Å²) >= 11 is 0. The largest absolute Gasteiger partial charge is 0.460 e. The van der Waals surface area contributed by atoms with E-state index in [-0.39, 0.29) is 0 Å². The second-order valence-electron chi connectivity index (χ2n) is 7.05. The molecule has 178 valence electrons. The van der Waals surface area contributed by atoms with Crippen molar-refractivity contribution in [2.45, 2.75) is 48.7 Å². The Hall–Kier alpha value is -2.28. The minimum Gasteiger partial charge on any atom is -0.207 e. The van der Waals surface area contributed by atoms with E-state index in [1.165, 1.54) is 23.8 Å². The number of hydrogen-bond acceptors (Lipinski definition) is 2. The highest BCUT2D eigenvalue weighted by Crippen LogP contribution is 2.56. The van der Waals surface area contributed by atoms with Crippen LogP contribution in [0.1, 0.15) is 22.7 Å². The third-order valence-electron chi connectivity index (χ3n) is 4.55. The first-order chi connectivity index (χ1) is 14.3. The Labute approximate surface area is 177 Å². The summed E-state index contributed by atoms with van der Waals surface area (Å²) in [6, 6.07) is 4.42. The molecular formula is C19H16F9NO2S. The van der Waals surface area contributed by atoms with Crippen molar-refractivity contribution in [1.29, 1.82) is 0 Å². The van der Waals surface area contributed by atoms with Crippen molar-refractivity contribution >= 4 is 10.0 Å². The number of halogens is 9. The van der Waals surface area contributed by atoms with Crippen LogP contribution in [-0.2, 0) is 10.0 Å². The smallest absolute Gasteiger partial charge is 0.207 e. The second-order valence-corrected chi connectivity index (χ2v) is 8.76. The van der Waals surface area contributed by atoms with Gasteiger partial charge in [0.05, 0.1) is 4.90 Å². The molecule has 13 heteroatoms. The van der Waals surface area contributed by atoms with Crippen LogP contribution in [0.15, 0.2) is 53.4 Å². The van der Waals surface area contributed by atoms with E-state index in [9.17, 15) is 47.9 Å². The maximum Gasteiger partial charge on any atom is 0.460 e. The van der Waals surface area contributed by atoms with E-state index in [0.717, 1.165) is 24.3 Å². The Bertz CT molecular complexity index is 1050. The molecule has 0 aromatic heterocycles. The third kappa shape index (κ3) is 4.58. The van der Waals surface area contributed by atoms with Crippen LogP contribution in [0.3, 0.4) is 0 Å². The minimum absolute atomic E-state index is 0.393. The van der Waals surface area contributed by atoms with E-state index in [1.54, 1.807) is 6.92 Å². The SMILES string of the molecule is Cc1ccc(C(NS(=O)(=O)c2ccc(C)cc2)C(F)(F)C(F)(F)C(F)(F)C(F)(F)F)cc1. The molecule has 0 bridgehead atoms. The summed E-state index contributed by atoms with van der Waals surface area (Å²) in [6.07, 6.45) is -7.03. The zero-order valence-electron chi connectivity index (χ0n) is 16.3. The van der Waals surface area contributed by atoms with E-state index in [4.69, 9.17) is 0 Å². The predicted molar refractivity (Wildman–Crippen MR) is 96.3 cm³/mol. The van der Waals surface area contributed by atoms with Crippen molar-refractivity contribution in [1.82, 2.24) is 4.72 Å². The minimum atomic E-state index is -7.16. The molecule has 0 aliphatic rings. The molecule has 0 saturated heterocycles. The van der Waals surface area contributed by atoms with Gasteiger partial charge < -0.3 is 0 Å². The van der Waals surface area contributed by atoms with Crippen molar-refractivity contribution in [3.05, 3.63) is 65.2 Å². The highest BCUT2D eigenvalue weighted by molar-refractivity contribution is 7.89. The Morgan fingerprint density at radius 1 is 0.688 bits per heavy atom. The maximum atomic E-state index is 14.7. The van der Waals surface area contributed by atoms with Gasteiger partial charge in [-0.05, 0) is 31.5 Å². The lowest BCUT2D eigenvalue weighted by Gasteiger charge is -2.38. The molecule has 1 unspecified atom stereocenters. The Kier molecular flexibility index (Phi) is 6.70. The molecule has 0 spiro atoms. The van der Waals surface area contributed by atoms with Gasteiger partial charge in [0.1, 0.15) is 6.04 Å². The number of sulfonamides is 1. The number of rotatable bonds is 7. The van der Waals surface area contributed by atoms with Gasteiger partial charge in [-0.1, -0.05) is 47.5 Å². The molecule has 0 aliphatic carbocycles. The van der Waals surface area contributed by atoms with E-state index in [2.05, 4.69) is 0 Å². The quantitative estimate of drug-likeness (QED) is 0.497. The van der Waals surface area contributed by atoms with Gasteiger partial charge in [-0.3, -0.25) is 0 Å². The number of nitrogens with one attached hydrogen (secondary N) is 1. The first-order valence-electron chi connectivity index (χ1n) is 8.70. The Balaban J connectivity index is 2.66. The summed E-state index contributed by atoms with van der Waals surface area (Å²) in [6.45, 7) is 2.99. The number of benzene rings is 2. The van der Waals surface area contributed by atoms with Gasteiger partial charge in [0.15, 0.2) is 0 Å². The highest BCUT2D eigenvalue weighted by atomic mass is 32.2. The summed E-state index contributed by atoms with van der Waals surface area (Å²) in [5.74, 6) is -20.4. The zero-order valence-corrected chi connectivity index (χ0v) is 17.1. The van der Waals surface area contributed by atoms with Crippen LogP contribution in [0.5, 0.6) is 0 Å². The molecule has 1 N–H and O–H groups in total. The fourth-order valence-electron chi connectivity index (χ4n) is 2.62. The first-order valence-corrected chi connectivity index (χ1v) is 10.2. The topological polar surface area (TPSA) is 46.2 Å². The molecular weight excluding hydrogens is 477 g/mol. The van der Waals surface area contributed by atoms with Crippen molar-refractivity contribution in [2.75, 3.05) is 0 Å². The van der Waals surface area contributed by atoms with Gasteiger partial charge in [-0.25, -0.2) is 8.42 Å². The second kappa shape index (κ2) is 8.25. The summed E-state index contributed by atoms with van der Waals surface area (Å²) < 4.78 is 148. The van der Waals surface area contributed by atoms with Gasteiger partial charge >= 0.3 is 23.9 Å². The average molecular weight is 493 g/mol. The van der Waals surface area contributed by atoms with E-state index < -0.39 is 50.5 Å². The molecule has 0 saturated carbocycles. The molecule has 0 aliphatic heterocycles. The predicted octanol–water partition coefficient (Wildman–Crippen LogP) is 5.79. The van der Waals surface area contributed by atoms with Crippen LogP contribution in [-0.4, -0.2) is 32.4 Å². The van der Waals surface area contributed by atoms with Crippen LogP contribution < -0.4 is 4.72 Å². The molecule has 2 aromatic carbocycles. The molecule has 0 radical (unpaired) electrons. The van der Waals surface area contributed by atoms with Gasteiger partial charge in [0, 0.05) is 0 Å². The van der Waals surface area contributed by atoms with Crippen LogP contribution in [0.25, 0.3) is 0 Å². The van der Waals surface area contributed by atoms with Gasteiger partial charge in [0.25, 0.3) is 0 Å². The van der Waals surface area contributed by atoms with Crippen molar-refractivity contribution in [3.8, 4) is 0 Å². The lowest BCUT2D eigenvalue weighted by Crippen LogP contribution is -2.64. The van der Waals surface area contributed by atoms with E-state index >= 15 is 0 Å². The van der Waals surface area contributed by atoms with Crippen molar-refractivity contribution in [2.24, 2.45) is 0 Å². The van der Waals surface area contributed by atoms with Crippen LogP contribution >= 0.6 is 0 Å². The van der Waals surface area contributed by atoms with Gasteiger partial charge in [-0.15, -0.1) is 0 Å². The summed E-state index contributed by atoms with van der Waals surface area (Å²) in [5.41, 5.74) is -0.0146. The molecule has 1 atom stereocenters. The monoisotopic (exact) mass is 493 g/mol. The highest BCUT2D eigenvalue weighted by Gasteiger charge is 2.83. The number of hydrogen-bond donors (Lipinski definition) is 1. The molecule has 2 rings (SSSR count). The first kappa shape index (κ1) is 26.0. The third-order valence-corrected chi connectivity index (χ3v) is 5.99. The molecule has 2 aromatic rings. The zero-order chi connectivity index (χ0) is 24.8. The molecule has 0 heterocycles. The molecule has 3 nitrogen and oxygen atoms in total. The van der Waals surface area contributed by atoms with Gasteiger partial charge in [0.2, 0.25) is 10.0 Å². The maximum absolute atomic E-state index is 14.7. The summed E-state index contributed by atoms with van der Waals surface area (Å²) in [5, 5.41) is 0. The van der Waals surface area contributed by atoms with Crippen LogP contribution in [0.4, 0.5) is 39.5 Å². The molecule has 0 amide bonds. The number of alkyl halides is 9. The molecule has 32 heavy (non-hydrogen) atoms. The molecule has 0 fully saturated rings. The fourth-order valence-corrected chi connectivity index (χ4v) is 3.84. The lowest BCUT2D eigenvalue weighted by atomic mass is 9.92. The lowest BCUT2D eigenvalue weighted by molar-refractivity contribution is -0.399. The Morgan fingerprint density at radius 3 is 1.50 bits per heavy atom. The van der Waals surface area contributed by atoms with Crippen molar-refractivity contribution in [3.63, 3.8) is 0 Å². The summed E-state index contributed by atoms with van der Waals surface area (Å²) in [4.78, 5) is -0.693. The van der Waals surface area contributed by atoms with E-state index in [1.807, 2.05) is 0 Å². The Morgan fingerprint density at radius 2 is 1.09 bits per heavy atom. The van der Waals surface area contributed by atoms with Crippen LogP contribution in [0.2, 0.25) is 0 Å². The fraction of sp³-hybridized carbons (Fsp3) is 0.368. The van der Waals surface area contributed by atoms with Crippen LogP contribution in [0, 0.1) is 13.8 Å². The number of aryl methyl sites for hydroxylation is 2. The van der Waals surface area contributed by atoms with Crippen molar-refractivity contribution < 1.29 is 47.9 Å². The standard InChI is InChI=1S/C19H16F9NO2S/c1-11-3-7-13(8-4-11)15(29-32(30,31)14-9-5-12(2)6-10-14)16(20,21)17(22,23)18(24,25)19(26,27)28/h3-10,15,29H,1-2H3.